The molecule has 0 saturated heterocycles. The van der Waals surface area contributed by atoms with Gasteiger partial charge in [-0.05, 0) is 76.1 Å². The molecule has 0 radical (unpaired) electrons. The zero-order valence-electron chi connectivity index (χ0n) is 19.3. The Kier molecular flexibility index (Phi) is 8.17. The molecule has 0 heterocycles. The van der Waals surface area contributed by atoms with Crippen LogP contribution in [0.2, 0.25) is 0 Å². The predicted octanol–water partition coefficient (Wildman–Crippen LogP) is 5.52. The molecule has 0 saturated carbocycles. The first-order chi connectivity index (χ1) is 17.8. The number of sulfonamides is 1. The van der Waals surface area contributed by atoms with E-state index >= 15 is 0 Å². The number of rotatable bonds is 8. The number of benzene rings is 4. The molecule has 4 aromatic carbocycles. The molecule has 0 aromatic heterocycles. The fourth-order valence-corrected chi connectivity index (χ4v) is 4.58. The fourth-order valence-electron chi connectivity index (χ4n) is 3.23. The highest BCUT2D eigenvalue weighted by atomic mass is 79.9. The summed E-state index contributed by atoms with van der Waals surface area (Å²) < 4.78 is 34.1. The van der Waals surface area contributed by atoms with E-state index in [0.29, 0.717) is 22.6 Å². The molecule has 2 N–H and O–H groups in total. The molecule has 0 spiro atoms. The van der Waals surface area contributed by atoms with E-state index < -0.39 is 21.8 Å². The number of hydrogen-bond acceptors (Lipinski definition) is 5. The van der Waals surface area contributed by atoms with Crippen LogP contribution in [0.25, 0.3) is 6.08 Å². The molecule has 0 fully saturated rings. The van der Waals surface area contributed by atoms with Crippen molar-refractivity contribution in [1.82, 2.24) is 10.0 Å². The Hall–Kier alpha value is -4.21. The van der Waals surface area contributed by atoms with Gasteiger partial charge in [0.05, 0.1) is 9.37 Å². The summed E-state index contributed by atoms with van der Waals surface area (Å²) in [4.78, 5) is 25.7. The van der Waals surface area contributed by atoms with Crippen LogP contribution in [-0.4, -0.2) is 20.2 Å². The molecule has 0 aliphatic heterocycles. The van der Waals surface area contributed by atoms with Gasteiger partial charge in [-0.1, -0.05) is 60.7 Å². The van der Waals surface area contributed by atoms with E-state index in [1.165, 1.54) is 18.2 Å². The molecular weight excluding hydrogens is 556 g/mol. The second-order valence-electron chi connectivity index (χ2n) is 7.73. The number of halogens is 1. The number of carbonyl (C=O) groups excluding carboxylic acids is 2. The lowest BCUT2D eigenvalue weighted by molar-refractivity contribution is -0.116. The zero-order chi connectivity index (χ0) is 26.3. The smallest absolute Gasteiger partial charge is 0.281 e. The van der Waals surface area contributed by atoms with Crippen LogP contribution >= 0.6 is 15.9 Å². The molecule has 2 amide bonds. The summed E-state index contributed by atoms with van der Waals surface area (Å²) in [5, 5.41) is 2.53. The zero-order valence-corrected chi connectivity index (χ0v) is 21.7. The Bertz CT molecular complexity index is 1540. The van der Waals surface area contributed by atoms with Crippen LogP contribution in [0.4, 0.5) is 0 Å². The molecular formula is C28H21BrN2O5S. The molecule has 7 nitrogen and oxygen atoms in total. The third kappa shape index (κ3) is 6.93. The largest absolute Gasteiger partial charge is 0.456 e. The number of ether oxygens (including phenoxy) is 1. The average molecular weight is 577 g/mol. The van der Waals surface area contributed by atoms with Crippen molar-refractivity contribution >= 4 is 43.8 Å². The predicted molar refractivity (Wildman–Crippen MR) is 144 cm³/mol. The van der Waals surface area contributed by atoms with Gasteiger partial charge in [0.1, 0.15) is 17.2 Å². The average Bonchev–Trinajstić information content (AvgIpc) is 2.91. The monoisotopic (exact) mass is 576 g/mol. The maximum absolute atomic E-state index is 13.0. The second-order valence-corrected chi connectivity index (χ2v) is 10.3. The molecule has 4 aromatic rings. The first-order valence-corrected chi connectivity index (χ1v) is 13.3. The van der Waals surface area contributed by atoms with Gasteiger partial charge in [-0.3, -0.25) is 9.59 Å². The van der Waals surface area contributed by atoms with Gasteiger partial charge < -0.3 is 10.1 Å². The van der Waals surface area contributed by atoms with Crippen molar-refractivity contribution in [2.75, 3.05) is 0 Å². The number of nitrogens with one attached hydrogen (secondary N) is 2. The van der Waals surface area contributed by atoms with Crippen LogP contribution in [0.1, 0.15) is 15.9 Å². The molecule has 0 aliphatic carbocycles. The van der Waals surface area contributed by atoms with E-state index in [4.69, 9.17) is 4.74 Å². The molecule has 4 rings (SSSR count). The molecule has 9 heteroatoms. The van der Waals surface area contributed by atoms with Gasteiger partial charge in [-0.2, -0.15) is 0 Å². The summed E-state index contributed by atoms with van der Waals surface area (Å²) in [6.45, 7) is 0. The maximum atomic E-state index is 13.0. The molecule has 0 bridgehead atoms. The van der Waals surface area contributed by atoms with Crippen LogP contribution < -0.4 is 14.8 Å². The number of carbonyl (C=O) groups is 2. The van der Waals surface area contributed by atoms with Crippen LogP contribution in [0, 0.1) is 0 Å². The summed E-state index contributed by atoms with van der Waals surface area (Å²) in [5.74, 6) is -0.364. The number of hydrogen-bond donors (Lipinski definition) is 2. The van der Waals surface area contributed by atoms with E-state index in [1.807, 2.05) is 29.0 Å². The fraction of sp³-hybridized carbons (Fsp3) is 0. The molecule has 0 atom stereocenters. The van der Waals surface area contributed by atoms with Gasteiger partial charge in [-0.25, -0.2) is 13.1 Å². The molecule has 186 valence electrons. The van der Waals surface area contributed by atoms with E-state index in [9.17, 15) is 18.0 Å². The van der Waals surface area contributed by atoms with E-state index in [1.54, 1.807) is 72.8 Å². The number of amides is 2. The van der Waals surface area contributed by atoms with Gasteiger partial charge >= 0.3 is 0 Å². The Morgan fingerprint density at radius 1 is 0.757 bits per heavy atom. The quantitative estimate of drug-likeness (QED) is 0.269. The Labute approximate surface area is 223 Å². The van der Waals surface area contributed by atoms with Crippen molar-refractivity contribution in [3.8, 4) is 11.5 Å². The lowest BCUT2D eigenvalue weighted by Gasteiger charge is -2.12. The first kappa shape index (κ1) is 25.9. The van der Waals surface area contributed by atoms with E-state index in [2.05, 4.69) is 21.2 Å². The van der Waals surface area contributed by atoms with Crippen molar-refractivity contribution in [3.05, 3.63) is 130 Å². The highest BCUT2D eigenvalue weighted by Crippen LogP contribution is 2.29. The molecule has 37 heavy (non-hydrogen) atoms. The second kappa shape index (κ2) is 11.7. The summed E-state index contributed by atoms with van der Waals surface area (Å²) >= 11 is 3.43. The molecule has 0 aliphatic rings. The third-order valence-electron chi connectivity index (χ3n) is 5.06. The lowest BCUT2D eigenvalue weighted by Crippen LogP contribution is -2.38. The summed E-state index contributed by atoms with van der Waals surface area (Å²) in [6.07, 6.45) is 1.39. The normalized spacial score (nSPS) is 11.4. The van der Waals surface area contributed by atoms with Crippen LogP contribution in [0.15, 0.2) is 124 Å². The summed E-state index contributed by atoms with van der Waals surface area (Å²) in [6, 6.07) is 29.9. The minimum Gasteiger partial charge on any atom is -0.456 e. The van der Waals surface area contributed by atoms with Gasteiger partial charge in [0.25, 0.3) is 21.8 Å². The van der Waals surface area contributed by atoms with Gasteiger partial charge in [0, 0.05) is 5.56 Å². The topological polar surface area (TPSA) is 102 Å². The minimum absolute atomic E-state index is 0.0781. The highest BCUT2D eigenvalue weighted by Gasteiger charge is 2.22. The summed E-state index contributed by atoms with van der Waals surface area (Å²) in [7, 11) is -4.16. The van der Waals surface area contributed by atoms with Crippen molar-refractivity contribution < 1.29 is 22.7 Å². The first-order valence-electron chi connectivity index (χ1n) is 11.0. The SMILES string of the molecule is O=C(NS(=O)(=O)c1ccccc1)C(=Cc1ccc(Oc2ccccc2Br)cc1)NC(=O)c1ccccc1. The van der Waals surface area contributed by atoms with Crippen molar-refractivity contribution in [2.45, 2.75) is 4.90 Å². The highest BCUT2D eigenvalue weighted by molar-refractivity contribution is 9.10. The standard InChI is InChI=1S/C28H21BrN2O5S/c29-24-13-7-8-14-26(24)36-22-17-15-20(16-18-22)19-25(30-27(32)21-9-3-1-4-10-21)28(33)31-37(34,35)23-11-5-2-6-12-23/h1-19H,(H,30,32)(H,31,33). The van der Waals surface area contributed by atoms with Gasteiger partial charge in [-0.15, -0.1) is 0 Å². The van der Waals surface area contributed by atoms with Crippen LogP contribution in [-0.2, 0) is 14.8 Å². The maximum Gasteiger partial charge on any atom is 0.281 e. The summed E-state index contributed by atoms with van der Waals surface area (Å²) in [5.41, 5.74) is 0.604. The Balaban J connectivity index is 1.60. The van der Waals surface area contributed by atoms with Gasteiger partial charge in [0.15, 0.2) is 0 Å². The lowest BCUT2D eigenvalue weighted by atomic mass is 10.1. The minimum atomic E-state index is -4.16. The van der Waals surface area contributed by atoms with Crippen molar-refractivity contribution in [1.29, 1.82) is 0 Å². The van der Waals surface area contributed by atoms with Crippen LogP contribution in [0.3, 0.4) is 0 Å². The molecule has 0 unspecified atom stereocenters. The third-order valence-corrected chi connectivity index (χ3v) is 7.07. The van der Waals surface area contributed by atoms with Crippen molar-refractivity contribution in [2.24, 2.45) is 0 Å². The number of para-hydroxylation sites is 1. The Morgan fingerprint density at radius 3 is 2.00 bits per heavy atom. The Morgan fingerprint density at radius 2 is 1.35 bits per heavy atom. The van der Waals surface area contributed by atoms with Gasteiger partial charge in [0.2, 0.25) is 0 Å². The van der Waals surface area contributed by atoms with Crippen molar-refractivity contribution in [3.63, 3.8) is 0 Å². The van der Waals surface area contributed by atoms with E-state index in [0.717, 1.165) is 4.47 Å². The van der Waals surface area contributed by atoms with E-state index in [-0.39, 0.29) is 10.6 Å². The van der Waals surface area contributed by atoms with Crippen LogP contribution in [0.5, 0.6) is 11.5 Å².